The van der Waals surface area contributed by atoms with Crippen LogP contribution in [0.1, 0.15) is 25.8 Å². The average Bonchev–Trinajstić information content (AvgIpc) is 2.45. The predicted octanol–water partition coefficient (Wildman–Crippen LogP) is 2.49. The van der Waals surface area contributed by atoms with Gasteiger partial charge in [-0.1, -0.05) is 0 Å². The third kappa shape index (κ3) is 6.17. The van der Waals surface area contributed by atoms with Crippen LogP contribution in [0, 0.1) is 10.1 Å². The zero-order valence-electron chi connectivity index (χ0n) is 12.4. The summed E-state index contributed by atoms with van der Waals surface area (Å²) in [5.41, 5.74) is 0.666. The Morgan fingerprint density at radius 1 is 1.23 bits per heavy atom. The maximum atomic E-state index is 11.3. The summed E-state index contributed by atoms with van der Waals surface area (Å²) in [4.78, 5) is 32.2. The van der Waals surface area contributed by atoms with E-state index in [1.54, 1.807) is 25.1 Å². The van der Waals surface area contributed by atoms with Crippen LogP contribution in [0.3, 0.4) is 0 Å². The zero-order chi connectivity index (χ0) is 16.5. The van der Waals surface area contributed by atoms with Crippen molar-refractivity contribution < 1.29 is 24.0 Å². The van der Waals surface area contributed by atoms with Gasteiger partial charge in [0.25, 0.3) is 5.69 Å². The number of carbonyl (C=O) groups is 2. The molecule has 0 aliphatic carbocycles. The van der Waals surface area contributed by atoms with Crippen LogP contribution in [0.25, 0.3) is 6.08 Å². The molecule has 0 atom stereocenters. The molecule has 0 N–H and O–H groups in total. The minimum atomic E-state index is -0.623. The van der Waals surface area contributed by atoms with Crippen LogP contribution in [-0.2, 0) is 19.1 Å². The first-order valence-electron chi connectivity index (χ1n) is 6.65. The van der Waals surface area contributed by atoms with Crippen molar-refractivity contribution in [2.45, 2.75) is 20.3 Å². The number of ketones is 1. The lowest BCUT2D eigenvalue weighted by Gasteiger charge is -2.09. The lowest BCUT2D eigenvalue weighted by atomic mass is 10.2. The summed E-state index contributed by atoms with van der Waals surface area (Å²) in [7, 11) is 0. The summed E-state index contributed by atoms with van der Waals surface area (Å²) >= 11 is 0. The Kier molecular flexibility index (Phi) is 6.75. The lowest BCUT2D eigenvalue weighted by Crippen LogP contribution is -2.12. The zero-order valence-corrected chi connectivity index (χ0v) is 12.4. The Morgan fingerprint density at radius 2 is 1.86 bits per heavy atom. The molecular weight excluding hydrogens is 290 g/mol. The van der Waals surface area contributed by atoms with Crippen LogP contribution in [0.4, 0.5) is 5.69 Å². The molecule has 0 saturated heterocycles. The van der Waals surface area contributed by atoms with Gasteiger partial charge in [-0.15, -0.1) is 0 Å². The predicted molar refractivity (Wildman–Crippen MR) is 79.0 cm³/mol. The summed E-state index contributed by atoms with van der Waals surface area (Å²) in [6.45, 7) is 3.36. The van der Waals surface area contributed by atoms with Crippen molar-refractivity contribution in [1.82, 2.24) is 0 Å². The Morgan fingerprint density at radius 3 is 2.36 bits per heavy atom. The molecule has 0 aliphatic rings. The second kappa shape index (κ2) is 8.56. The molecule has 1 aromatic rings. The highest BCUT2D eigenvalue weighted by Gasteiger charge is 2.09. The fourth-order valence-electron chi connectivity index (χ4n) is 1.59. The topological polar surface area (TPSA) is 95.7 Å². The summed E-state index contributed by atoms with van der Waals surface area (Å²) in [5.74, 6) is -0.502. The number of Topliss-reactive ketones (excluding diaryl/α,β-unsaturated/α-hetero) is 1. The van der Waals surface area contributed by atoms with Crippen molar-refractivity contribution in [1.29, 1.82) is 0 Å². The Bertz CT molecular complexity index is 576. The molecule has 0 heterocycles. The summed E-state index contributed by atoms with van der Waals surface area (Å²) < 4.78 is 10.3. The molecule has 7 nitrogen and oxygen atoms in total. The first-order chi connectivity index (χ1) is 10.4. The first-order valence-corrected chi connectivity index (χ1v) is 6.65. The third-order valence-corrected chi connectivity index (χ3v) is 2.53. The summed E-state index contributed by atoms with van der Waals surface area (Å²) in [6, 6.07) is 5.87. The van der Waals surface area contributed by atoms with E-state index >= 15 is 0 Å². The van der Waals surface area contributed by atoms with Crippen LogP contribution < -0.4 is 0 Å². The van der Waals surface area contributed by atoms with E-state index in [9.17, 15) is 19.7 Å². The standard InChI is InChI=1S/C15H17NO6/c1-3-21-14(10-22-15(18)8-11(2)17)9-12-4-6-13(7-5-12)16(19)20/h4-7,9H,3,8,10H2,1-2H3/b14-9-. The maximum Gasteiger partial charge on any atom is 0.313 e. The molecular formula is C15H17NO6. The van der Waals surface area contributed by atoms with E-state index in [2.05, 4.69) is 0 Å². The Hall–Kier alpha value is -2.70. The first kappa shape index (κ1) is 17.4. The van der Waals surface area contributed by atoms with Gasteiger partial charge in [0, 0.05) is 12.1 Å². The molecule has 0 aliphatic heterocycles. The number of carbonyl (C=O) groups excluding carboxylic acids is 2. The van der Waals surface area contributed by atoms with Crippen molar-refractivity contribution in [2.75, 3.05) is 13.2 Å². The van der Waals surface area contributed by atoms with Crippen molar-refractivity contribution >= 4 is 23.5 Å². The number of benzene rings is 1. The highest BCUT2D eigenvalue weighted by atomic mass is 16.6. The molecule has 7 heteroatoms. The highest BCUT2D eigenvalue weighted by Crippen LogP contribution is 2.15. The van der Waals surface area contributed by atoms with Gasteiger partial charge in [0.1, 0.15) is 24.6 Å². The lowest BCUT2D eigenvalue weighted by molar-refractivity contribution is -0.384. The molecule has 1 aromatic carbocycles. The minimum absolute atomic E-state index is 0.0111. The van der Waals surface area contributed by atoms with E-state index in [4.69, 9.17) is 9.47 Å². The highest BCUT2D eigenvalue weighted by molar-refractivity contribution is 5.94. The van der Waals surface area contributed by atoms with Gasteiger partial charge in [-0.25, -0.2) is 0 Å². The fraction of sp³-hybridized carbons (Fsp3) is 0.333. The molecule has 0 fully saturated rings. The van der Waals surface area contributed by atoms with E-state index < -0.39 is 10.9 Å². The van der Waals surface area contributed by atoms with Gasteiger partial charge < -0.3 is 9.47 Å². The molecule has 0 saturated carbocycles. The van der Waals surface area contributed by atoms with E-state index in [1.165, 1.54) is 19.1 Å². The number of rotatable bonds is 8. The van der Waals surface area contributed by atoms with E-state index in [0.717, 1.165) is 0 Å². The summed E-state index contributed by atoms with van der Waals surface area (Å²) in [5, 5.41) is 10.6. The SMILES string of the molecule is CCO/C(=C\c1ccc([N+](=O)[O-])cc1)COC(=O)CC(C)=O. The van der Waals surface area contributed by atoms with Gasteiger partial charge in [-0.05, 0) is 37.6 Å². The number of nitro groups is 1. The molecule has 0 bridgehead atoms. The van der Waals surface area contributed by atoms with Gasteiger partial charge in [0.05, 0.1) is 11.5 Å². The van der Waals surface area contributed by atoms with Gasteiger partial charge >= 0.3 is 5.97 Å². The number of nitrogens with zero attached hydrogens (tertiary/aromatic N) is 1. The number of non-ortho nitro benzene ring substituents is 1. The van der Waals surface area contributed by atoms with Crippen molar-refractivity contribution in [2.24, 2.45) is 0 Å². The fourth-order valence-corrected chi connectivity index (χ4v) is 1.59. The van der Waals surface area contributed by atoms with E-state index in [1.807, 2.05) is 0 Å². The molecule has 22 heavy (non-hydrogen) atoms. The number of hydrogen-bond acceptors (Lipinski definition) is 6. The number of esters is 1. The number of hydrogen-bond donors (Lipinski definition) is 0. The third-order valence-electron chi connectivity index (χ3n) is 2.53. The molecule has 0 spiro atoms. The average molecular weight is 307 g/mol. The van der Waals surface area contributed by atoms with Gasteiger partial charge in [0.15, 0.2) is 0 Å². The quantitative estimate of drug-likeness (QED) is 0.241. The van der Waals surface area contributed by atoms with E-state index in [-0.39, 0.29) is 24.5 Å². The summed E-state index contributed by atoms with van der Waals surface area (Å²) in [6.07, 6.45) is 1.34. The van der Waals surface area contributed by atoms with Crippen LogP contribution in [-0.4, -0.2) is 29.9 Å². The maximum absolute atomic E-state index is 11.3. The number of nitro benzene ring substituents is 1. The molecule has 0 amide bonds. The second-order valence-corrected chi connectivity index (χ2v) is 4.43. The molecule has 0 radical (unpaired) electrons. The molecule has 118 valence electrons. The van der Waals surface area contributed by atoms with Crippen LogP contribution >= 0.6 is 0 Å². The van der Waals surface area contributed by atoms with Crippen LogP contribution in [0.2, 0.25) is 0 Å². The van der Waals surface area contributed by atoms with Crippen molar-refractivity contribution in [3.63, 3.8) is 0 Å². The van der Waals surface area contributed by atoms with Gasteiger partial charge in [0.2, 0.25) is 0 Å². The second-order valence-electron chi connectivity index (χ2n) is 4.43. The molecule has 0 unspecified atom stereocenters. The van der Waals surface area contributed by atoms with E-state index in [0.29, 0.717) is 17.9 Å². The van der Waals surface area contributed by atoms with Crippen LogP contribution in [0.5, 0.6) is 0 Å². The smallest absolute Gasteiger partial charge is 0.313 e. The molecule has 1 rings (SSSR count). The van der Waals surface area contributed by atoms with Crippen LogP contribution in [0.15, 0.2) is 30.0 Å². The Labute approximate surface area is 127 Å². The Balaban J connectivity index is 2.74. The monoisotopic (exact) mass is 307 g/mol. The van der Waals surface area contributed by atoms with Gasteiger partial charge in [-0.2, -0.15) is 0 Å². The van der Waals surface area contributed by atoms with Crippen molar-refractivity contribution in [3.8, 4) is 0 Å². The normalized spacial score (nSPS) is 10.9. The van der Waals surface area contributed by atoms with Crippen molar-refractivity contribution in [3.05, 3.63) is 45.7 Å². The van der Waals surface area contributed by atoms with Gasteiger partial charge in [-0.3, -0.25) is 19.7 Å². The number of ether oxygens (including phenoxy) is 2. The largest absolute Gasteiger partial charge is 0.495 e. The minimum Gasteiger partial charge on any atom is -0.495 e. The molecule has 0 aromatic heterocycles.